The van der Waals surface area contributed by atoms with Gasteiger partial charge in [-0.3, -0.25) is 0 Å². The van der Waals surface area contributed by atoms with Crippen LogP contribution in [0.15, 0.2) is 24.3 Å². The van der Waals surface area contributed by atoms with Crippen LogP contribution in [0.1, 0.15) is 57.6 Å². The molecule has 3 heteroatoms. The quantitative estimate of drug-likeness (QED) is 0.880. The Morgan fingerprint density at radius 2 is 1.95 bits per heavy atom. The van der Waals surface area contributed by atoms with Crippen LogP contribution in [0, 0.1) is 22.7 Å². The third-order valence-corrected chi connectivity index (χ3v) is 4.50. The number of nitrogens with zero attached hydrogens (tertiary/aromatic N) is 1. The molecule has 0 aliphatic heterocycles. The molecular formula is C18H27ClN2. The molecule has 2 nitrogen and oxygen atoms in total. The van der Waals surface area contributed by atoms with E-state index < -0.39 is 0 Å². The zero-order valence-electron chi connectivity index (χ0n) is 13.4. The van der Waals surface area contributed by atoms with E-state index in [0.717, 1.165) is 18.0 Å². The van der Waals surface area contributed by atoms with Crippen LogP contribution in [0.2, 0.25) is 0 Å². The van der Waals surface area contributed by atoms with Crippen LogP contribution in [0.4, 0.5) is 0 Å². The first-order valence-corrected chi connectivity index (χ1v) is 7.73. The number of halogens is 1. The minimum Gasteiger partial charge on any atom is -0.310 e. The first-order chi connectivity index (χ1) is 9.50. The van der Waals surface area contributed by atoms with Crippen molar-refractivity contribution in [3.63, 3.8) is 0 Å². The molecule has 1 aromatic carbocycles. The highest BCUT2D eigenvalue weighted by molar-refractivity contribution is 5.85. The van der Waals surface area contributed by atoms with Crippen LogP contribution >= 0.6 is 12.4 Å². The molecule has 1 aliphatic rings. The molecule has 0 amide bonds. The number of hydrogen-bond acceptors (Lipinski definition) is 2. The SMILES string of the molecule is CC(C)(C)C1CCCCC1NCc1cccc(C#N)c1.Cl. The summed E-state index contributed by atoms with van der Waals surface area (Å²) in [7, 11) is 0. The first kappa shape index (κ1) is 18.0. The van der Waals surface area contributed by atoms with Crippen molar-refractivity contribution in [3.8, 4) is 6.07 Å². The van der Waals surface area contributed by atoms with Gasteiger partial charge in [-0.25, -0.2) is 0 Å². The Kier molecular flexibility index (Phi) is 6.71. The van der Waals surface area contributed by atoms with Crippen molar-refractivity contribution in [2.24, 2.45) is 11.3 Å². The molecule has 21 heavy (non-hydrogen) atoms. The van der Waals surface area contributed by atoms with Crippen molar-refractivity contribution in [2.75, 3.05) is 0 Å². The van der Waals surface area contributed by atoms with Crippen LogP contribution in [-0.2, 0) is 6.54 Å². The smallest absolute Gasteiger partial charge is 0.0991 e. The van der Waals surface area contributed by atoms with E-state index in [-0.39, 0.29) is 12.4 Å². The average molecular weight is 307 g/mol. The summed E-state index contributed by atoms with van der Waals surface area (Å²) in [4.78, 5) is 0. The number of nitrogens with one attached hydrogen (secondary N) is 1. The highest BCUT2D eigenvalue weighted by Gasteiger charge is 2.33. The fourth-order valence-corrected chi connectivity index (χ4v) is 3.41. The maximum absolute atomic E-state index is 8.96. The summed E-state index contributed by atoms with van der Waals surface area (Å²) in [6.45, 7) is 7.93. The van der Waals surface area contributed by atoms with E-state index in [9.17, 15) is 0 Å². The van der Waals surface area contributed by atoms with Gasteiger partial charge in [-0.2, -0.15) is 5.26 Å². The van der Waals surface area contributed by atoms with Crippen molar-refractivity contribution >= 4 is 12.4 Å². The molecule has 1 aromatic rings. The highest BCUT2D eigenvalue weighted by Crippen LogP contribution is 2.38. The predicted molar refractivity (Wildman–Crippen MR) is 90.4 cm³/mol. The first-order valence-electron chi connectivity index (χ1n) is 7.73. The van der Waals surface area contributed by atoms with E-state index in [1.807, 2.05) is 18.2 Å². The number of rotatable bonds is 3. The number of nitriles is 1. The van der Waals surface area contributed by atoms with Gasteiger partial charge in [-0.05, 0) is 41.9 Å². The van der Waals surface area contributed by atoms with Gasteiger partial charge < -0.3 is 5.32 Å². The molecule has 2 rings (SSSR count). The molecule has 1 aliphatic carbocycles. The maximum Gasteiger partial charge on any atom is 0.0991 e. The lowest BCUT2D eigenvalue weighted by molar-refractivity contribution is 0.130. The van der Waals surface area contributed by atoms with Crippen LogP contribution in [0.5, 0.6) is 0 Å². The largest absolute Gasteiger partial charge is 0.310 e. The molecule has 0 spiro atoms. The van der Waals surface area contributed by atoms with E-state index in [1.54, 1.807) is 0 Å². The van der Waals surface area contributed by atoms with E-state index in [1.165, 1.54) is 31.2 Å². The Bertz CT molecular complexity index is 485. The Balaban J connectivity index is 0.00000220. The van der Waals surface area contributed by atoms with E-state index in [0.29, 0.717) is 11.5 Å². The molecule has 2 unspecified atom stereocenters. The molecule has 1 N–H and O–H groups in total. The van der Waals surface area contributed by atoms with E-state index in [4.69, 9.17) is 5.26 Å². The summed E-state index contributed by atoms with van der Waals surface area (Å²) < 4.78 is 0. The second-order valence-corrected chi connectivity index (χ2v) is 7.06. The third-order valence-electron chi connectivity index (χ3n) is 4.50. The fraction of sp³-hybridized carbons (Fsp3) is 0.611. The lowest BCUT2D eigenvalue weighted by Gasteiger charge is -2.41. The molecule has 0 aromatic heterocycles. The molecule has 1 saturated carbocycles. The van der Waals surface area contributed by atoms with Crippen LogP contribution < -0.4 is 5.32 Å². The Labute approximate surface area is 135 Å². The van der Waals surface area contributed by atoms with Gasteiger partial charge in [-0.15, -0.1) is 12.4 Å². The number of benzene rings is 1. The summed E-state index contributed by atoms with van der Waals surface area (Å²) >= 11 is 0. The predicted octanol–water partition coefficient (Wildman–Crippen LogP) is 4.67. The topological polar surface area (TPSA) is 35.8 Å². The Morgan fingerprint density at radius 1 is 1.24 bits per heavy atom. The van der Waals surface area contributed by atoms with Crippen LogP contribution in [0.3, 0.4) is 0 Å². The Hall–Kier alpha value is -1.04. The molecule has 1 fully saturated rings. The average Bonchev–Trinajstić information content (AvgIpc) is 2.44. The van der Waals surface area contributed by atoms with Gasteiger partial charge in [0.25, 0.3) is 0 Å². The molecule has 0 bridgehead atoms. The minimum atomic E-state index is 0. The molecule has 0 heterocycles. The van der Waals surface area contributed by atoms with Crippen LogP contribution in [0.25, 0.3) is 0 Å². The third kappa shape index (κ3) is 5.02. The molecule has 0 radical (unpaired) electrons. The van der Waals surface area contributed by atoms with Gasteiger partial charge in [0, 0.05) is 12.6 Å². The van der Waals surface area contributed by atoms with Gasteiger partial charge in [0.15, 0.2) is 0 Å². The van der Waals surface area contributed by atoms with Crippen molar-refractivity contribution in [1.82, 2.24) is 5.32 Å². The van der Waals surface area contributed by atoms with Gasteiger partial charge in [0.2, 0.25) is 0 Å². The molecule has 116 valence electrons. The molecule has 0 saturated heterocycles. The number of hydrogen-bond donors (Lipinski definition) is 1. The fourth-order valence-electron chi connectivity index (χ4n) is 3.41. The van der Waals surface area contributed by atoms with Crippen molar-refractivity contribution < 1.29 is 0 Å². The van der Waals surface area contributed by atoms with Crippen molar-refractivity contribution in [2.45, 2.75) is 59.0 Å². The van der Waals surface area contributed by atoms with E-state index >= 15 is 0 Å². The normalized spacial score (nSPS) is 22.2. The van der Waals surface area contributed by atoms with Gasteiger partial charge in [0.05, 0.1) is 11.6 Å². The summed E-state index contributed by atoms with van der Waals surface area (Å²) in [5.74, 6) is 0.746. The molecule has 2 atom stereocenters. The highest BCUT2D eigenvalue weighted by atomic mass is 35.5. The van der Waals surface area contributed by atoms with Gasteiger partial charge in [-0.1, -0.05) is 45.7 Å². The summed E-state index contributed by atoms with van der Waals surface area (Å²) in [6, 6.07) is 10.7. The maximum atomic E-state index is 8.96. The molecular weight excluding hydrogens is 280 g/mol. The standard InChI is InChI=1S/C18H26N2.ClH/c1-18(2,3)16-9-4-5-10-17(16)20-13-15-8-6-7-14(11-15)12-19;/h6-8,11,16-17,20H,4-5,9-10,13H2,1-3H3;1H. The van der Waals surface area contributed by atoms with Gasteiger partial charge in [0.1, 0.15) is 0 Å². The van der Waals surface area contributed by atoms with Crippen LogP contribution in [-0.4, -0.2) is 6.04 Å². The second kappa shape index (κ2) is 7.82. The Morgan fingerprint density at radius 3 is 2.62 bits per heavy atom. The zero-order valence-corrected chi connectivity index (χ0v) is 14.2. The van der Waals surface area contributed by atoms with E-state index in [2.05, 4.69) is 38.2 Å². The zero-order chi connectivity index (χ0) is 14.6. The summed E-state index contributed by atoms with van der Waals surface area (Å²) in [5.41, 5.74) is 2.33. The van der Waals surface area contributed by atoms with Crippen molar-refractivity contribution in [1.29, 1.82) is 5.26 Å². The summed E-state index contributed by atoms with van der Waals surface area (Å²) in [5, 5.41) is 12.7. The minimum absolute atomic E-state index is 0. The summed E-state index contributed by atoms with van der Waals surface area (Å²) in [6.07, 6.45) is 5.31. The second-order valence-electron chi connectivity index (χ2n) is 7.06. The van der Waals surface area contributed by atoms with Crippen molar-refractivity contribution in [3.05, 3.63) is 35.4 Å². The lowest BCUT2D eigenvalue weighted by Crippen LogP contribution is -2.43. The lowest BCUT2D eigenvalue weighted by atomic mass is 9.69. The van der Waals surface area contributed by atoms with Gasteiger partial charge >= 0.3 is 0 Å². The monoisotopic (exact) mass is 306 g/mol.